The SMILES string of the molecule is Cc1ccc(N)cc1NC(=O)Cn1nc2ccccn2c1=O. The summed E-state index contributed by atoms with van der Waals surface area (Å²) in [5.41, 5.74) is 7.94. The van der Waals surface area contributed by atoms with Crippen molar-refractivity contribution in [3.63, 3.8) is 0 Å². The van der Waals surface area contributed by atoms with Crippen molar-refractivity contribution in [3.05, 3.63) is 58.6 Å². The molecular weight excluding hydrogens is 282 g/mol. The number of rotatable bonds is 3. The van der Waals surface area contributed by atoms with Crippen molar-refractivity contribution in [2.45, 2.75) is 13.5 Å². The van der Waals surface area contributed by atoms with Gasteiger partial charge in [-0.3, -0.25) is 9.20 Å². The highest BCUT2D eigenvalue weighted by atomic mass is 16.2. The number of anilines is 2. The highest BCUT2D eigenvalue weighted by Gasteiger charge is 2.11. The molecule has 0 fully saturated rings. The first-order chi connectivity index (χ1) is 10.5. The Hall–Kier alpha value is -3.09. The fourth-order valence-electron chi connectivity index (χ4n) is 2.17. The number of carbonyl (C=O) groups excluding carboxylic acids is 1. The van der Waals surface area contributed by atoms with Gasteiger partial charge in [0, 0.05) is 17.6 Å². The second-order valence-corrected chi connectivity index (χ2v) is 4.99. The van der Waals surface area contributed by atoms with Crippen LogP contribution in [0.15, 0.2) is 47.4 Å². The smallest absolute Gasteiger partial charge is 0.350 e. The molecule has 3 rings (SSSR count). The average Bonchev–Trinajstić information content (AvgIpc) is 2.80. The lowest BCUT2D eigenvalue weighted by atomic mass is 10.2. The van der Waals surface area contributed by atoms with Crippen LogP contribution in [0.4, 0.5) is 11.4 Å². The normalized spacial score (nSPS) is 10.8. The van der Waals surface area contributed by atoms with Crippen LogP contribution in [0.25, 0.3) is 5.65 Å². The van der Waals surface area contributed by atoms with E-state index in [1.807, 2.05) is 13.0 Å². The summed E-state index contributed by atoms with van der Waals surface area (Å²) in [5.74, 6) is -0.334. The van der Waals surface area contributed by atoms with Crippen LogP contribution >= 0.6 is 0 Å². The number of fused-ring (bicyclic) bond motifs is 1. The van der Waals surface area contributed by atoms with Gasteiger partial charge in [-0.05, 0) is 36.8 Å². The van der Waals surface area contributed by atoms with E-state index in [1.165, 1.54) is 4.40 Å². The minimum absolute atomic E-state index is 0.158. The Kier molecular flexibility index (Phi) is 3.38. The van der Waals surface area contributed by atoms with Gasteiger partial charge in [0.1, 0.15) is 6.54 Å². The summed E-state index contributed by atoms with van der Waals surface area (Å²) >= 11 is 0. The molecule has 0 unspecified atom stereocenters. The highest BCUT2D eigenvalue weighted by molar-refractivity contribution is 5.91. The van der Waals surface area contributed by atoms with Gasteiger partial charge in [-0.15, -0.1) is 5.10 Å². The van der Waals surface area contributed by atoms with E-state index >= 15 is 0 Å². The van der Waals surface area contributed by atoms with E-state index in [-0.39, 0.29) is 18.1 Å². The van der Waals surface area contributed by atoms with Crippen LogP contribution in [0.1, 0.15) is 5.56 Å². The third kappa shape index (κ3) is 2.56. The Bertz CT molecular complexity index is 910. The van der Waals surface area contributed by atoms with Crippen LogP contribution in [0.2, 0.25) is 0 Å². The van der Waals surface area contributed by atoms with Crippen LogP contribution in [-0.2, 0) is 11.3 Å². The summed E-state index contributed by atoms with van der Waals surface area (Å²) in [6, 6.07) is 10.5. The summed E-state index contributed by atoms with van der Waals surface area (Å²) in [6.07, 6.45) is 1.61. The topological polar surface area (TPSA) is 94.4 Å². The largest absolute Gasteiger partial charge is 0.399 e. The van der Waals surface area contributed by atoms with Gasteiger partial charge in [0.05, 0.1) is 0 Å². The van der Waals surface area contributed by atoms with E-state index in [9.17, 15) is 9.59 Å². The first kappa shape index (κ1) is 13.9. The molecule has 0 aliphatic rings. The maximum Gasteiger partial charge on any atom is 0.350 e. The third-order valence-electron chi connectivity index (χ3n) is 3.32. The van der Waals surface area contributed by atoms with Gasteiger partial charge in [-0.2, -0.15) is 0 Å². The van der Waals surface area contributed by atoms with E-state index in [1.54, 1.807) is 36.5 Å². The molecule has 0 bridgehead atoms. The van der Waals surface area contributed by atoms with E-state index in [2.05, 4.69) is 10.4 Å². The molecule has 3 N–H and O–H groups in total. The third-order valence-corrected chi connectivity index (χ3v) is 3.32. The molecule has 2 aromatic heterocycles. The molecule has 7 heteroatoms. The number of amides is 1. The molecule has 0 saturated heterocycles. The predicted molar refractivity (Wildman–Crippen MR) is 83.7 cm³/mol. The van der Waals surface area contributed by atoms with Crippen molar-refractivity contribution < 1.29 is 4.79 Å². The summed E-state index contributed by atoms with van der Waals surface area (Å²) in [6.45, 7) is 1.71. The lowest BCUT2D eigenvalue weighted by Gasteiger charge is -2.08. The van der Waals surface area contributed by atoms with Gasteiger partial charge in [0.2, 0.25) is 5.91 Å². The van der Waals surface area contributed by atoms with Gasteiger partial charge in [-0.1, -0.05) is 12.1 Å². The van der Waals surface area contributed by atoms with Crippen molar-refractivity contribution in [3.8, 4) is 0 Å². The van der Waals surface area contributed by atoms with Crippen LogP contribution in [0.3, 0.4) is 0 Å². The van der Waals surface area contributed by atoms with E-state index in [0.29, 0.717) is 17.0 Å². The number of aryl methyl sites for hydroxylation is 1. The lowest BCUT2D eigenvalue weighted by molar-refractivity contribution is -0.117. The lowest BCUT2D eigenvalue weighted by Crippen LogP contribution is -2.28. The zero-order valence-electron chi connectivity index (χ0n) is 12.0. The maximum absolute atomic E-state index is 12.1. The van der Waals surface area contributed by atoms with Crippen molar-refractivity contribution in [1.82, 2.24) is 14.2 Å². The number of nitrogens with one attached hydrogen (secondary N) is 1. The number of nitrogens with zero attached hydrogens (tertiary/aromatic N) is 3. The van der Waals surface area contributed by atoms with E-state index in [4.69, 9.17) is 5.73 Å². The number of nitrogen functional groups attached to an aromatic ring is 1. The number of carbonyl (C=O) groups is 1. The van der Waals surface area contributed by atoms with Gasteiger partial charge in [0.15, 0.2) is 5.65 Å². The number of pyridine rings is 1. The first-order valence-electron chi connectivity index (χ1n) is 6.75. The molecule has 0 saturated carbocycles. The van der Waals surface area contributed by atoms with Crippen molar-refractivity contribution >= 4 is 22.9 Å². The Labute approximate surface area is 126 Å². The Balaban J connectivity index is 1.83. The number of hydrogen-bond donors (Lipinski definition) is 2. The molecule has 2 heterocycles. The van der Waals surface area contributed by atoms with Crippen LogP contribution in [0.5, 0.6) is 0 Å². The Morgan fingerprint density at radius 1 is 1.32 bits per heavy atom. The Morgan fingerprint density at radius 3 is 2.91 bits per heavy atom. The maximum atomic E-state index is 12.1. The number of aromatic nitrogens is 3. The molecule has 7 nitrogen and oxygen atoms in total. The van der Waals surface area contributed by atoms with Crippen molar-refractivity contribution in [1.29, 1.82) is 0 Å². The standard InChI is InChI=1S/C15H15N5O2/c1-10-5-6-11(16)8-12(10)17-14(21)9-20-15(22)19-7-3-2-4-13(19)18-20/h2-8H,9,16H2,1H3,(H,17,21). The summed E-state index contributed by atoms with van der Waals surface area (Å²) in [7, 11) is 0. The van der Waals surface area contributed by atoms with Gasteiger partial charge >= 0.3 is 5.69 Å². The molecule has 0 spiro atoms. The minimum atomic E-state index is -0.352. The van der Waals surface area contributed by atoms with Crippen LogP contribution < -0.4 is 16.7 Å². The average molecular weight is 297 g/mol. The number of hydrogen-bond acceptors (Lipinski definition) is 4. The summed E-state index contributed by atoms with van der Waals surface area (Å²) in [4.78, 5) is 24.2. The minimum Gasteiger partial charge on any atom is -0.399 e. The van der Waals surface area contributed by atoms with Crippen molar-refractivity contribution in [2.75, 3.05) is 11.1 Å². The van der Waals surface area contributed by atoms with Gasteiger partial charge < -0.3 is 11.1 Å². The molecule has 22 heavy (non-hydrogen) atoms. The van der Waals surface area contributed by atoms with Gasteiger partial charge in [0.25, 0.3) is 0 Å². The molecule has 112 valence electrons. The molecule has 0 radical (unpaired) electrons. The zero-order valence-corrected chi connectivity index (χ0v) is 12.0. The van der Waals surface area contributed by atoms with E-state index in [0.717, 1.165) is 10.2 Å². The second kappa shape index (κ2) is 5.36. The molecule has 0 aliphatic carbocycles. The van der Waals surface area contributed by atoms with Crippen LogP contribution in [-0.4, -0.2) is 20.1 Å². The summed E-state index contributed by atoms with van der Waals surface area (Å²) < 4.78 is 2.52. The monoisotopic (exact) mass is 297 g/mol. The summed E-state index contributed by atoms with van der Waals surface area (Å²) in [5, 5.41) is 6.86. The molecule has 3 aromatic rings. The van der Waals surface area contributed by atoms with Gasteiger partial charge in [-0.25, -0.2) is 9.48 Å². The fourth-order valence-corrected chi connectivity index (χ4v) is 2.17. The molecule has 1 amide bonds. The number of nitrogens with two attached hydrogens (primary N) is 1. The molecule has 1 aromatic carbocycles. The molecular formula is C15H15N5O2. The predicted octanol–water partition coefficient (Wildman–Crippen LogP) is 1.03. The first-order valence-corrected chi connectivity index (χ1v) is 6.75. The zero-order chi connectivity index (χ0) is 15.7. The van der Waals surface area contributed by atoms with Crippen molar-refractivity contribution in [2.24, 2.45) is 0 Å². The van der Waals surface area contributed by atoms with Crippen LogP contribution in [0, 0.1) is 6.92 Å². The quantitative estimate of drug-likeness (QED) is 0.706. The highest BCUT2D eigenvalue weighted by Crippen LogP contribution is 2.17. The number of benzene rings is 1. The fraction of sp³-hybridized carbons (Fsp3) is 0.133. The second-order valence-electron chi connectivity index (χ2n) is 4.99. The molecule has 0 atom stereocenters. The molecule has 0 aliphatic heterocycles. The van der Waals surface area contributed by atoms with E-state index < -0.39 is 0 Å². The Morgan fingerprint density at radius 2 is 2.14 bits per heavy atom.